The van der Waals surface area contributed by atoms with Gasteiger partial charge in [-0.2, -0.15) is 0 Å². The minimum atomic E-state index is 0.276. The maximum Gasteiger partial charge on any atom is 0.0809 e. The summed E-state index contributed by atoms with van der Waals surface area (Å²) in [5.74, 6) is 0. The number of aryl methyl sites for hydroxylation is 1. The second-order valence-corrected chi connectivity index (χ2v) is 5.54. The number of ether oxygens (including phenoxy) is 2. The molecule has 0 amide bonds. The predicted octanol–water partition coefficient (Wildman–Crippen LogP) is 3.23. The third-order valence-electron chi connectivity index (χ3n) is 3.82. The van der Waals surface area contributed by atoms with Gasteiger partial charge in [-0.15, -0.1) is 0 Å². The Morgan fingerprint density at radius 3 is 2.95 bits per heavy atom. The van der Waals surface area contributed by atoms with Crippen molar-refractivity contribution in [2.24, 2.45) is 0 Å². The fraction of sp³-hybridized carbons (Fsp3) is 0.647. The molecule has 1 saturated heterocycles. The van der Waals surface area contributed by atoms with Crippen molar-refractivity contribution in [2.45, 2.75) is 45.3 Å². The minimum Gasteiger partial charge on any atom is -0.377 e. The van der Waals surface area contributed by atoms with Gasteiger partial charge in [-0.25, -0.2) is 0 Å². The number of hydrogen-bond donors (Lipinski definition) is 1. The second-order valence-electron chi connectivity index (χ2n) is 5.54. The van der Waals surface area contributed by atoms with Crippen LogP contribution >= 0.6 is 0 Å². The normalized spacial score (nSPS) is 20.2. The van der Waals surface area contributed by atoms with Gasteiger partial charge in [0.15, 0.2) is 0 Å². The van der Waals surface area contributed by atoms with Crippen molar-refractivity contribution >= 4 is 0 Å². The maximum absolute atomic E-state index is 5.90. The molecule has 112 valence electrons. The molecule has 0 aliphatic carbocycles. The molecular formula is C17H27NO2. The van der Waals surface area contributed by atoms with Gasteiger partial charge in [-0.1, -0.05) is 31.2 Å². The van der Waals surface area contributed by atoms with Crippen LogP contribution in [-0.2, 0) is 9.47 Å². The number of hydrogen-bond acceptors (Lipinski definition) is 3. The summed E-state index contributed by atoms with van der Waals surface area (Å²) < 4.78 is 11.5. The molecule has 2 unspecified atom stereocenters. The van der Waals surface area contributed by atoms with Crippen LogP contribution in [0.2, 0.25) is 0 Å². The van der Waals surface area contributed by atoms with Crippen LogP contribution in [0.1, 0.15) is 43.4 Å². The van der Waals surface area contributed by atoms with Gasteiger partial charge in [0.1, 0.15) is 0 Å². The van der Waals surface area contributed by atoms with Crippen LogP contribution in [0.25, 0.3) is 0 Å². The van der Waals surface area contributed by atoms with Crippen LogP contribution < -0.4 is 5.32 Å². The fourth-order valence-corrected chi connectivity index (χ4v) is 2.65. The lowest BCUT2D eigenvalue weighted by Crippen LogP contribution is -2.28. The molecule has 1 fully saturated rings. The van der Waals surface area contributed by atoms with Crippen molar-refractivity contribution < 1.29 is 9.47 Å². The molecule has 1 aromatic rings. The monoisotopic (exact) mass is 277 g/mol. The first-order valence-corrected chi connectivity index (χ1v) is 7.79. The summed E-state index contributed by atoms with van der Waals surface area (Å²) in [6, 6.07) is 8.82. The Balaban J connectivity index is 1.87. The average molecular weight is 277 g/mol. The van der Waals surface area contributed by atoms with E-state index in [1.165, 1.54) is 17.5 Å². The summed E-state index contributed by atoms with van der Waals surface area (Å²) in [5, 5.41) is 3.59. The van der Waals surface area contributed by atoms with Crippen molar-refractivity contribution in [1.29, 1.82) is 0 Å². The molecule has 0 radical (unpaired) electrons. The summed E-state index contributed by atoms with van der Waals surface area (Å²) in [4.78, 5) is 0. The minimum absolute atomic E-state index is 0.276. The Hall–Kier alpha value is -0.900. The second kappa shape index (κ2) is 8.40. The van der Waals surface area contributed by atoms with Crippen LogP contribution in [0.3, 0.4) is 0 Å². The van der Waals surface area contributed by atoms with E-state index in [4.69, 9.17) is 9.47 Å². The van der Waals surface area contributed by atoms with Crippen LogP contribution in [-0.4, -0.2) is 32.5 Å². The van der Waals surface area contributed by atoms with Gasteiger partial charge in [0.25, 0.3) is 0 Å². The van der Waals surface area contributed by atoms with E-state index < -0.39 is 0 Å². The van der Waals surface area contributed by atoms with Crippen molar-refractivity contribution in [3.8, 4) is 0 Å². The summed E-state index contributed by atoms with van der Waals surface area (Å²) in [6.07, 6.45) is 3.74. The third kappa shape index (κ3) is 4.58. The van der Waals surface area contributed by atoms with Gasteiger partial charge in [0.2, 0.25) is 0 Å². The zero-order valence-electron chi connectivity index (χ0n) is 12.7. The van der Waals surface area contributed by atoms with Crippen molar-refractivity contribution in [1.82, 2.24) is 5.32 Å². The molecule has 3 nitrogen and oxygen atoms in total. The van der Waals surface area contributed by atoms with Gasteiger partial charge in [-0.3, -0.25) is 0 Å². The highest BCUT2D eigenvalue weighted by Crippen LogP contribution is 2.19. The van der Waals surface area contributed by atoms with Gasteiger partial charge < -0.3 is 14.8 Å². The molecule has 3 heteroatoms. The lowest BCUT2D eigenvalue weighted by Gasteiger charge is -2.22. The van der Waals surface area contributed by atoms with E-state index in [1.54, 1.807) is 0 Å². The summed E-state index contributed by atoms with van der Waals surface area (Å²) in [6.45, 7) is 7.69. The van der Waals surface area contributed by atoms with E-state index in [1.807, 2.05) is 0 Å². The highest BCUT2D eigenvalue weighted by atomic mass is 16.5. The summed E-state index contributed by atoms with van der Waals surface area (Å²) in [7, 11) is 0. The predicted molar refractivity (Wildman–Crippen MR) is 82.0 cm³/mol. The number of benzene rings is 1. The SMILES string of the molecule is CCCNC(COCC1CCCO1)c1ccccc1C. The van der Waals surface area contributed by atoms with E-state index in [0.717, 1.165) is 32.6 Å². The molecule has 0 saturated carbocycles. The average Bonchev–Trinajstić information content (AvgIpc) is 2.97. The largest absolute Gasteiger partial charge is 0.377 e. The Kier molecular flexibility index (Phi) is 6.51. The molecule has 20 heavy (non-hydrogen) atoms. The molecule has 0 spiro atoms. The summed E-state index contributed by atoms with van der Waals surface area (Å²) in [5.41, 5.74) is 2.66. The number of rotatable bonds is 8. The zero-order chi connectivity index (χ0) is 14.2. The Labute approximate surface area is 122 Å². The first-order valence-electron chi connectivity index (χ1n) is 7.79. The first kappa shape index (κ1) is 15.5. The lowest BCUT2D eigenvalue weighted by atomic mass is 10.0. The Morgan fingerprint density at radius 2 is 2.25 bits per heavy atom. The van der Waals surface area contributed by atoms with Crippen LogP contribution in [0, 0.1) is 6.92 Å². The number of nitrogens with one attached hydrogen (secondary N) is 1. The quantitative estimate of drug-likeness (QED) is 0.791. The topological polar surface area (TPSA) is 30.5 Å². The highest BCUT2D eigenvalue weighted by molar-refractivity contribution is 5.28. The molecule has 1 aliphatic heterocycles. The molecule has 1 heterocycles. The van der Waals surface area contributed by atoms with Gasteiger partial charge in [0, 0.05) is 6.61 Å². The van der Waals surface area contributed by atoms with Gasteiger partial charge >= 0.3 is 0 Å². The molecule has 2 rings (SSSR count). The highest BCUT2D eigenvalue weighted by Gasteiger charge is 2.17. The van der Waals surface area contributed by atoms with E-state index >= 15 is 0 Å². The van der Waals surface area contributed by atoms with E-state index in [-0.39, 0.29) is 6.04 Å². The van der Waals surface area contributed by atoms with Crippen molar-refractivity contribution in [3.05, 3.63) is 35.4 Å². The molecule has 0 aromatic heterocycles. The third-order valence-corrected chi connectivity index (χ3v) is 3.82. The molecule has 1 N–H and O–H groups in total. The Morgan fingerprint density at radius 1 is 1.40 bits per heavy atom. The van der Waals surface area contributed by atoms with E-state index in [2.05, 4.69) is 43.4 Å². The van der Waals surface area contributed by atoms with Crippen LogP contribution in [0.15, 0.2) is 24.3 Å². The van der Waals surface area contributed by atoms with Gasteiger partial charge in [-0.05, 0) is 43.9 Å². The maximum atomic E-state index is 5.90. The standard InChI is InChI=1S/C17H27NO2/c1-3-10-18-17(16-9-5-4-7-14(16)2)13-19-12-15-8-6-11-20-15/h4-5,7,9,15,17-18H,3,6,8,10-13H2,1-2H3. The smallest absolute Gasteiger partial charge is 0.0809 e. The van der Waals surface area contributed by atoms with E-state index in [0.29, 0.717) is 12.7 Å². The molecule has 0 bridgehead atoms. The summed E-state index contributed by atoms with van der Waals surface area (Å²) >= 11 is 0. The first-order chi connectivity index (χ1) is 9.81. The molecular weight excluding hydrogens is 250 g/mol. The van der Waals surface area contributed by atoms with Gasteiger partial charge in [0.05, 0.1) is 25.4 Å². The van der Waals surface area contributed by atoms with Crippen molar-refractivity contribution in [2.75, 3.05) is 26.4 Å². The molecule has 2 atom stereocenters. The van der Waals surface area contributed by atoms with Crippen LogP contribution in [0.4, 0.5) is 0 Å². The zero-order valence-corrected chi connectivity index (χ0v) is 12.7. The van der Waals surface area contributed by atoms with E-state index in [9.17, 15) is 0 Å². The Bertz CT molecular complexity index is 388. The fourth-order valence-electron chi connectivity index (χ4n) is 2.65. The molecule has 1 aliphatic rings. The van der Waals surface area contributed by atoms with Crippen molar-refractivity contribution in [3.63, 3.8) is 0 Å². The lowest BCUT2D eigenvalue weighted by molar-refractivity contribution is 0.00993. The van der Waals surface area contributed by atoms with Crippen LogP contribution in [0.5, 0.6) is 0 Å². The molecule has 1 aromatic carbocycles.